The highest BCUT2D eigenvalue weighted by Gasteiger charge is 2.27. The van der Waals surface area contributed by atoms with Gasteiger partial charge in [-0.2, -0.15) is 0 Å². The number of carbonyl (C=O) groups is 1. The average Bonchev–Trinajstić information content (AvgIpc) is 2.91. The lowest BCUT2D eigenvalue weighted by atomic mass is 9.99. The quantitative estimate of drug-likeness (QED) is 0.740. The molecule has 0 aromatic rings. The standard InChI is InChI=1S/C12H22N2O/c1-9(10-5-2-3-6-10)14-12(15)11-7-4-8-13-11/h9-11,13H,2-8H2,1H3,(H,14,15)/t9-,11-/m1/s1. The summed E-state index contributed by atoms with van der Waals surface area (Å²) in [4.78, 5) is 11.8. The van der Waals surface area contributed by atoms with Gasteiger partial charge in [0.25, 0.3) is 0 Å². The first kappa shape index (κ1) is 10.9. The van der Waals surface area contributed by atoms with Crippen LogP contribution in [0.1, 0.15) is 45.4 Å². The molecule has 1 saturated heterocycles. The highest BCUT2D eigenvalue weighted by atomic mass is 16.2. The highest BCUT2D eigenvalue weighted by Crippen LogP contribution is 2.27. The van der Waals surface area contributed by atoms with E-state index < -0.39 is 0 Å². The second-order valence-electron chi connectivity index (χ2n) is 4.99. The zero-order valence-electron chi connectivity index (χ0n) is 9.59. The van der Waals surface area contributed by atoms with Crippen molar-refractivity contribution < 1.29 is 4.79 Å². The molecule has 86 valence electrons. The smallest absolute Gasteiger partial charge is 0.237 e. The molecule has 0 aromatic heterocycles. The van der Waals surface area contributed by atoms with Gasteiger partial charge in [-0.15, -0.1) is 0 Å². The number of nitrogens with one attached hydrogen (secondary N) is 2. The van der Waals surface area contributed by atoms with Crippen molar-refractivity contribution in [1.29, 1.82) is 0 Å². The monoisotopic (exact) mass is 210 g/mol. The molecule has 2 rings (SSSR count). The molecule has 1 amide bonds. The zero-order valence-corrected chi connectivity index (χ0v) is 9.59. The molecule has 15 heavy (non-hydrogen) atoms. The molecule has 0 bridgehead atoms. The molecule has 0 aromatic carbocycles. The van der Waals surface area contributed by atoms with Gasteiger partial charge >= 0.3 is 0 Å². The molecular weight excluding hydrogens is 188 g/mol. The van der Waals surface area contributed by atoms with E-state index in [0.717, 1.165) is 25.3 Å². The summed E-state index contributed by atoms with van der Waals surface area (Å²) >= 11 is 0. The van der Waals surface area contributed by atoms with E-state index in [1.54, 1.807) is 0 Å². The van der Waals surface area contributed by atoms with Gasteiger partial charge in [0.15, 0.2) is 0 Å². The molecule has 2 aliphatic rings. The molecular formula is C12H22N2O. The van der Waals surface area contributed by atoms with Gasteiger partial charge in [-0.05, 0) is 45.1 Å². The lowest BCUT2D eigenvalue weighted by Gasteiger charge is -2.22. The molecule has 1 saturated carbocycles. The number of amides is 1. The third-order valence-corrected chi connectivity index (χ3v) is 3.85. The van der Waals surface area contributed by atoms with Crippen LogP contribution in [0.5, 0.6) is 0 Å². The minimum Gasteiger partial charge on any atom is -0.352 e. The van der Waals surface area contributed by atoms with Crippen LogP contribution < -0.4 is 10.6 Å². The van der Waals surface area contributed by atoms with Crippen LogP contribution in [-0.2, 0) is 4.79 Å². The van der Waals surface area contributed by atoms with Gasteiger partial charge in [-0.25, -0.2) is 0 Å². The van der Waals surface area contributed by atoms with Gasteiger partial charge in [0.2, 0.25) is 5.91 Å². The predicted octanol–water partition coefficient (Wildman–Crippen LogP) is 1.43. The largest absolute Gasteiger partial charge is 0.352 e. The van der Waals surface area contributed by atoms with Crippen molar-refractivity contribution in [3.8, 4) is 0 Å². The second kappa shape index (κ2) is 4.97. The fourth-order valence-electron chi connectivity index (χ4n) is 2.81. The average molecular weight is 210 g/mol. The Hall–Kier alpha value is -0.570. The van der Waals surface area contributed by atoms with E-state index in [0.29, 0.717) is 6.04 Å². The lowest BCUT2D eigenvalue weighted by molar-refractivity contribution is -0.123. The van der Waals surface area contributed by atoms with Gasteiger partial charge < -0.3 is 10.6 Å². The van der Waals surface area contributed by atoms with E-state index in [1.807, 2.05) is 0 Å². The fourth-order valence-corrected chi connectivity index (χ4v) is 2.81. The first-order valence-electron chi connectivity index (χ1n) is 6.31. The fraction of sp³-hybridized carbons (Fsp3) is 0.917. The van der Waals surface area contributed by atoms with Crippen molar-refractivity contribution in [3.63, 3.8) is 0 Å². The van der Waals surface area contributed by atoms with Crippen LogP contribution in [0.2, 0.25) is 0 Å². The number of hydrogen-bond acceptors (Lipinski definition) is 2. The molecule has 3 heteroatoms. The Bertz CT molecular complexity index is 218. The Morgan fingerprint density at radius 1 is 1.27 bits per heavy atom. The first-order chi connectivity index (χ1) is 7.27. The van der Waals surface area contributed by atoms with Crippen molar-refractivity contribution in [1.82, 2.24) is 10.6 Å². The van der Waals surface area contributed by atoms with Crippen molar-refractivity contribution in [2.24, 2.45) is 5.92 Å². The summed E-state index contributed by atoms with van der Waals surface area (Å²) in [5.74, 6) is 0.933. The Kier molecular flexibility index (Phi) is 3.62. The van der Waals surface area contributed by atoms with Crippen molar-refractivity contribution in [3.05, 3.63) is 0 Å². The summed E-state index contributed by atoms with van der Waals surface area (Å²) in [5, 5.41) is 6.40. The Labute approximate surface area is 92.0 Å². The van der Waals surface area contributed by atoms with Crippen LogP contribution in [0.3, 0.4) is 0 Å². The number of carbonyl (C=O) groups excluding carboxylic acids is 1. The van der Waals surface area contributed by atoms with E-state index in [2.05, 4.69) is 17.6 Å². The van der Waals surface area contributed by atoms with Crippen LogP contribution >= 0.6 is 0 Å². The third kappa shape index (κ3) is 2.71. The normalized spacial score (nSPS) is 29.3. The van der Waals surface area contributed by atoms with Crippen LogP contribution in [0.4, 0.5) is 0 Å². The first-order valence-corrected chi connectivity index (χ1v) is 6.31. The summed E-state index contributed by atoms with van der Waals surface area (Å²) in [6.45, 7) is 3.15. The lowest BCUT2D eigenvalue weighted by Crippen LogP contribution is -2.46. The predicted molar refractivity (Wildman–Crippen MR) is 60.6 cm³/mol. The molecule has 0 radical (unpaired) electrons. The van der Waals surface area contributed by atoms with E-state index in [4.69, 9.17) is 0 Å². The SMILES string of the molecule is C[C@@H](NC(=O)[C@H]1CCCN1)C1CCCC1. The summed E-state index contributed by atoms with van der Waals surface area (Å²) in [6.07, 6.45) is 7.40. The molecule has 1 heterocycles. The van der Waals surface area contributed by atoms with Crippen molar-refractivity contribution in [2.45, 2.75) is 57.5 Å². The van der Waals surface area contributed by atoms with Crippen molar-refractivity contribution in [2.75, 3.05) is 6.54 Å². The van der Waals surface area contributed by atoms with E-state index >= 15 is 0 Å². The summed E-state index contributed by atoms with van der Waals surface area (Å²) in [5.41, 5.74) is 0. The summed E-state index contributed by atoms with van der Waals surface area (Å²) in [6, 6.07) is 0.441. The molecule has 1 aliphatic carbocycles. The maximum atomic E-state index is 11.8. The highest BCUT2D eigenvalue weighted by molar-refractivity contribution is 5.82. The van der Waals surface area contributed by atoms with Gasteiger partial charge in [-0.1, -0.05) is 12.8 Å². The third-order valence-electron chi connectivity index (χ3n) is 3.85. The molecule has 3 nitrogen and oxygen atoms in total. The molecule has 2 N–H and O–H groups in total. The minimum atomic E-state index is 0.0776. The maximum absolute atomic E-state index is 11.8. The number of rotatable bonds is 3. The minimum absolute atomic E-state index is 0.0776. The maximum Gasteiger partial charge on any atom is 0.237 e. The van der Waals surface area contributed by atoms with Crippen LogP contribution in [0.15, 0.2) is 0 Å². The number of hydrogen-bond donors (Lipinski definition) is 2. The summed E-state index contributed by atoms with van der Waals surface area (Å²) < 4.78 is 0. The zero-order chi connectivity index (χ0) is 10.7. The topological polar surface area (TPSA) is 41.1 Å². The Morgan fingerprint density at radius 2 is 2.00 bits per heavy atom. The van der Waals surface area contributed by atoms with E-state index in [-0.39, 0.29) is 11.9 Å². The molecule has 2 atom stereocenters. The van der Waals surface area contributed by atoms with Gasteiger partial charge in [0, 0.05) is 6.04 Å². The Morgan fingerprint density at radius 3 is 2.60 bits per heavy atom. The van der Waals surface area contributed by atoms with Crippen molar-refractivity contribution >= 4 is 5.91 Å². The van der Waals surface area contributed by atoms with Gasteiger partial charge in [0.1, 0.15) is 0 Å². The van der Waals surface area contributed by atoms with E-state index in [1.165, 1.54) is 25.7 Å². The molecule has 0 spiro atoms. The summed E-state index contributed by atoms with van der Waals surface area (Å²) in [7, 11) is 0. The van der Waals surface area contributed by atoms with Gasteiger partial charge in [-0.3, -0.25) is 4.79 Å². The van der Waals surface area contributed by atoms with Crippen LogP contribution in [-0.4, -0.2) is 24.5 Å². The second-order valence-corrected chi connectivity index (χ2v) is 4.99. The van der Waals surface area contributed by atoms with Crippen LogP contribution in [0.25, 0.3) is 0 Å². The molecule has 1 aliphatic heterocycles. The molecule has 2 fully saturated rings. The van der Waals surface area contributed by atoms with Gasteiger partial charge in [0.05, 0.1) is 6.04 Å². The molecule has 0 unspecified atom stereocenters. The Balaban J connectivity index is 1.77. The van der Waals surface area contributed by atoms with Crippen LogP contribution in [0, 0.1) is 5.92 Å². The van der Waals surface area contributed by atoms with E-state index in [9.17, 15) is 4.79 Å².